The first kappa shape index (κ1) is 17.7. The number of oxazole rings is 1. The van der Waals surface area contributed by atoms with Gasteiger partial charge in [0.25, 0.3) is 6.01 Å². The van der Waals surface area contributed by atoms with Crippen LogP contribution in [0.1, 0.15) is 24.5 Å². The van der Waals surface area contributed by atoms with Gasteiger partial charge in [-0.1, -0.05) is 18.2 Å². The minimum Gasteiger partial charge on any atom is -0.422 e. The Labute approximate surface area is 173 Å². The molecule has 4 aromatic rings. The van der Waals surface area contributed by atoms with Gasteiger partial charge in [0, 0.05) is 43.5 Å². The van der Waals surface area contributed by atoms with Crippen LogP contribution in [0, 0.1) is 0 Å². The molecule has 0 unspecified atom stereocenters. The lowest BCUT2D eigenvalue weighted by atomic mass is 9.91. The average Bonchev–Trinajstić information content (AvgIpc) is 3.44. The number of piperidine rings is 1. The molecule has 0 amide bonds. The molecule has 5 heterocycles. The molecule has 2 aliphatic heterocycles. The molecule has 0 spiro atoms. The Balaban J connectivity index is 1.19. The second-order valence-corrected chi connectivity index (χ2v) is 8.02. The summed E-state index contributed by atoms with van der Waals surface area (Å²) in [5, 5.41) is 9.03. The van der Waals surface area contributed by atoms with Gasteiger partial charge in [-0.15, -0.1) is 0 Å². The van der Waals surface area contributed by atoms with Crippen molar-refractivity contribution in [2.24, 2.45) is 0 Å². The van der Waals surface area contributed by atoms with Gasteiger partial charge in [0.2, 0.25) is 0 Å². The lowest BCUT2D eigenvalue weighted by molar-refractivity contribution is 0.120. The highest BCUT2D eigenvalue weighted by Gasteiger charge is 2.25. The van der Waals surface area contributed by atoms with Crippen molar-refractivity contribution < 1.29 is 9.15 Å². The number of morpholine rings is 1. The summed E-state index contributed by atoms with van der Waals surface area (Å²) in [6, 6.07) is 11.1. The number of nitrogens with zero attached hydrogens (tertiary/aromatic N) is 5. The molecule has 8 heteroatoms. The summed E-state index contributed by atoms with van der Waals surface area (Å²) >= 11 is 0. The minimum atomic E-state index is 0.473. The molecule has 8 nitrogen and oxygen atoms in total. The maximum absolute atomic E-state index is 5.92. The van der Waals surface area contributed by atoms with Gasteiger partial charge in [0.15, 0.2) is 5.58 Å². The van der Waals surface area contributed by atoms with E-state index in [-0.39, 0.29) is 0 Å². The lowest BCUT2D eigenvalue weighted by Crippen LogP contribution is -2.36. The second-order valence-electron chi connectivity index (χ2n) is 8.02. The third-order valence-electron chi connectivity index (χ3n) is 6.24. The summed E-state index contributed by atoms with van der Waals surface area (Å²) in [7, 11) is 0. The van der Waals surface area contributed by atoms with Crippen LogP contribution in [0.25, 0.3) is 22.0 Å². The molecule has 6 rings (SSSR count). The van der Waals surface area contributed by atoms with Crippen LogP contribution in [0.5, 0.6) is 0 Å². The normalized spacial score (nSPS) is 18.5. The second kappa shape index (κ2) is 7.28. The largest absolute Gasteiger partial charge is 0.422 e. The molecule has 3 aromatic heterocycles. The van der Waals surface area contributed by atoms with E-state index >= 15 is 0 Å². The van der Waals surface area contributed by atoms with Crippen molar-refractivity contribution in [2.75, 3.05) is 49.2 Å². The molecule has 0 atom stereocenters. The van der Waals surface area contributed by atoms with E-state index in [1.54, 1.807) is 6.20 Å². The predicted octanol–water partition coefficient (Wildman–Crippen LogP) is 3.32. The number of nitrogens with one attached hydrogen (secondary N) is 1. The highest BCUT2D eigenvalue weighted by molar-refractivity contribution is 5.81. The summed E-state index contributed by atoms with van der Waals surface area (Å²) in [4.78, 5) is 13.8. The first-order valence-corrected chi connectivity index (χ1v) is 10.6. The third-order valence-corrected chi connectivity index (χ3v) is 6.24. The van der Waals surface area contributed by atoms with Crippen molar-refractivity contribution in [3.63, 3.8) is 0 Å². The quantitative estimate of drug-likeness (QED) is 0.561. The molecule has 0 bridgehead atoms. The fourth-order valence-electron chi connectivity index (χ4n) is 4.55. The molecule has 0 aliphatic carbocycles. The van der Waals surface area contributed by atoms with Gasteiger partial charge in [-0.05, 0) is 18.9 Å². The number of H-pyrrole nitrogens is 1. The van der Waals surface area contributed by atoms with Crippen LogP contribution in [0.3, 0.4) is 0 Å². The highest BCUT2D eigenvalue weighted by Crippen LogP contribution is 2.33. The highest BCUT2D eigenvalue weighted by atomic mass is 16.5. The number of aromatic nitrogens is 4. The Morgan fingerprint density at radius 3 is 2.70 bits per heavy atom. The van der Waals surface area contributed by atoms with Gasteiger partial charge in [0.1, 0.15) is 11.3 Å². The van der Waals surface area contributed by atoms with Crippen molar-refractivity contribution in [1.29, 1.82) is 0 Å². The van der Waals surface area contributed by atoms with Gasteiger partial charge >= 0.3 is 0 Å². The zero-order valence-electron chi connectivity index (χ0n) is 16.8. The Hall–Kier alpha value is -3.13. The molecular formula is C22H24N6O2. The first-order valence-electron chi connectivity index (χ1n) is 10.6. The lowest BCUT2D eigenvalue weighted by Gasteiger charge is -2.32. The van der Waals surface area contributed by atoms with Gasteiger partial charge in [-0.25, -0.2) is 4.98 Å². The SMILES string of the molecule is c1ccc2c(C3CCN(c4cc5nc(N6CCOCC6)oc5cn4)CC3)n[nH]c2c1. The third kappa shape index (κ3) is 3.08. The first-order chi connectivity index (χ1) is 14.8. The number of hydrogen-bond acceptors (Lipinski definition) is 7. The van der Waals surface area contributed by atoms with E-state index in [0.29, 0.717) is 25.1 Å². The van der Waals surface area contributed by atoms with E-state index in [9.17, 15) is 0 Å². The number of ether oxygens (including phenoxy) is 1. The van der Waals surface area contributed by atoms with E-state index in [1.807, 2.05) is 12.1 Å². The number of pyridine rings is 1. The summed E-state index contributed by atoms with van der Waals surface area (Å²) in [5.74, 6) is 1.44. The zero-order chi connectivity index (χ0) is 19.9. The zero-order valence-corrected chi connectivity index (χ0v) is 16.8. The van der Waals surface area contributed by atoms with Crippen LogP contribution >= 0.6 is 0 Å². The molecule has 2 saturated heterocycles. The number of aromatic amines is 1. The van der Waals surface area contributed by atoms with Gasteiger partial charge in [-0.3, -0.25) is 5.10 Å². The smallest absolute Gasteiger partial charge is 0.298 e. The van der Waals surface area contributed by atoms with Crippen molar-refractivity contribution in [3.8, 4) is 0 Å². The monoisotopic (exact) mass is 404 g/mol. The average molecular weight is 404 g/mol. The standard InChI is InChI=1S/C22H24N6O2/c1-2-4-17-16(3-1)21(26-25-17)15-5-7-27(8-6-15)20-13-18-19(14-23-20)30-22(24-18)28-9-11-29-12-10-28/h1-4,13-15H,5-12H2,(H,25,26). The molecule has 154 valence electrons. The fraction of sp³-hybridized carbons (Fsp3) is 0.409. The molecule has 1 N–H and O–H groups in total. The Bertz CT molecular complexity index is 1170. The van der Waals surface area contributed by atoms with Gasteiger partial charge in [-0.2, -0.15) is 10.1 Å². The van der Waals surface area contributed by atoms with E-state index in [1.165, 1.54) is 11.1 Å². The van der Waals surface area contributed by atoms with Crippen molar-refractivity contribution in [1.82, 2.24) is 20.2 Å². The van der Waals surface area contributed by atoms with E-state index in [2.05, 4.69) is 43.2 Å². The molecule has 2 fully saturated rings. The summed E-state index contributed by atoms with van der Waals surface area (Å²) in [5.41, 5.74) is 3.91. The summed E-state index contributed by atoms with van der Waals surface area (Å²) in [6.07, 6.45) is 3.92. The van der Waals surface area contributed by atoms with Crippen LogP contribution in [-0.4, -0.2) is 59.6 Å². The number of para-hydroxylation sites is 1. The van der Waals surface area contributed by atoms with E-state index in [0.717, 1.165) is 61.5 Å². The summed E-state index contributed by atoms with van der Waals surface area (Å²) in [6.45, 7) is 4.95. The Morgan fingerprint density at radius 2 is 1.83 bits per heavy atom. The number of hydrogen-bond donors (Lipinski definition) is 1. The maximum Gasteiger partial charge on any atom is 0.298 e. The van der Waals surface area contributed by atoms with E-state index in [4.69, 9.17) is 14.1 Å². The number of anilines is 2. The topological polar surface area (TPSA) is 83.3 Å². The number of rotatable bonds is 3. The van der Waals surface area contributed by atoms with Gasteiger partial charge in [0.05, 0.1) is 30.6 Å². The van der Waals surface area contributed by atoms with Crippen molar-refractivity contribution in [3.05, 3.63) is 42.2 Å². The van der Waals surface area contributed by atoms with Crippen LogP contribution in [-0.2, 0) is 4.74 Å². The number of benzene rings is 1. The number of fused-ring (bicyclic) bond motifs is 2. The minimum absolute atomic E-state index is 0.473. The van der Waals surface area contributed by atoms with E-state index < -0.39 is 0 Å². The Morgan fingerprint density at radius 1 is 1.00 bits per heavy atom. The van der Waals surface area contributed by atoms with Gasteiger partial charge < -0.3 is 19.0 Å². The molecule has 0 saturated carbocycles. The van der Waals surface area contributed by atoms with Crippen LogP contribution in [0.2, 0.25) is 0 Å². The Kier molecular flexibility index (Phi) is 4.30. The molecule has 0 radical (unpaired) electrons. The molecule has 2 aliphatic rings. The fourth-order valence-corrected chi connectivity index (χ4v) is 4.55. The van der Waals surface area contributed by atoms with Crippen molar-refractivity contribution >= 4 is 33.8 Å². The maximum atomic E-state index is 5.92. The molecule has 1 aromatic carbocycles. The van der Waals surface area contributed by atoms with Crippen LogP contribution in [0.4, 0.5) is 11.8 Å². The summed E-state index contributed by atoms with van der Waals surface area (Å²) < 4.78 is 11.3. The van der Waals surface area contributed by atoms with Crippen LogP contribution < -0.4 is 9.80 Å². The van der Waals surface area contributed by atoms with Crippen LogP contribution in [0.15, 0.2) is 40.9 Å². The molecular weight excluding hydrogens is 380 g/mol. The van der Waals surface area contributed by atoms with Crippen molar-refractivity contribution in [2.45, 2.75) is 18.8 Å². The molecule has 30 heavy (non-hydrogen) atoms. The predicted molar refractivity (Wildman–Crippen MR) is 115 cm³/mol.